The van der Waals surface area contributed by atoms with E-state index in [1.807, 2.05) is 18.7 Å². The Bertz CT molecular complexity index is 676. The second kappa shape index (κ2) is 7.29. The number of rotatable bonds is 3. The fraction of sp³-hybridized carbons (Fsp3) is 0.619. The Hall–Kier alpha value is -2.04. The first-order valence-corrected chi connectivity index (χ1v) is 9.67. The Balaban J connectivity index is 1.76. The van der Waals surface area contributed by atoms with Crippen LogP contribution in [0.15, 0.2) is 24.3 Å². The van der Waals surface area contributed by atoms with Crippen LogP contribution in [0.2, 0.25) is 0 Å². The van der Waals surface area contributed by atoms with Crippen LogP contribution in [0.3, 0.4) is 0 Å². The van der Waals surface area contributed by atoms with Gasteiger partial charge in [0.2, 0.25) is 5.91 Å². The first-order valence-electron chi connectivity index (χ1n) is 9.67. The van der Waals surface area contributed by atoms with Crippen molar-refractivity contribution >= 4 is 11.9 Å². The third kappa shape index (κ3) is 3.57. The van der Waals surface area contributed by atoms with Crippen LogP contribution in [-0.4, -0.2) is 55.0 Å². The standard InChI is InChI=1S/C21H31N3O2/c1-15(2)22-19(25)13-16-14-21(18-8-6-5-7-17(16)18)9-11-24(12-10-21)20(26)23(3)4/h5-8,15-16H,9-14H2,1-4H3,(H,22,25). The summed E-state index contributed by atoms with van der Waals surface area (Å²) < 4.78 is 0. The zero-order valence-corrected chi connectivity index (χ0v) is 16.4. The molecule has 2 aliphatic rings. The van der Waals surface area contributed by atoms with Crippen molar-refractivity contribution in [2.24, 2.45) is 0 Å². The van der Waals surface area contributed by atoms with E-state index < -0.39 is 0 Å². The molecule has 26 heavy (non-hydrogen) atoms. The van der Waals surface area contributed by atoms with Gasteiger partial charge in [-0.25, -0.2) is 4.79 Å². The first kappa shape index (κ1) is 18.7. The predicted octanol–water partition coefficient (Wildman–Crippen LogP) is 3.10. The Morgan fingerprint density at radius 1 is 1.23 bits per heavy atom. The highest BCUT2D eigenvalue weighted by Crippen LogP contribution is 2.52. The summed E-state index contributed by atoms with van der Waals surface area (Å²) in [6, 6.07) is 8.88. The van der Waals surface area contributed by atoms with Gasteiger partial charge in [0.25, 0.3) is 0 Å². The second-order valence-corrected chi connectivity index (χ2v) is 8.36. The van der Waals surface area contributed by atoms with E-state index in [2.05, 4.69) is 29.6 Å². The molecule has 1 spiro atoms. The highest BCUT2D eigenvalue weighted by Gasteiger charge is 2.46. The average molecular weight is 357 g/mol. The quantitative estimate of drug-likeness (QED) is 0.904. The smallest absolute Gasteiger partial charge is 0.319 e. The lowest BCUT2D eigenvalue weighted by molar-refractivity contribution is -0.122. The second-order valence-electron chi connectivity index (χ2n) is 8.36. The number of benzene rings is 1. The maximum absolute atomic E-state index is 12.3. The Kier molecular flexibility index (Phi) is 5.26. The van der Waals surface area contributed by atoms with Crippen LogP contribution in [0, 0.1) is 0 Å². The molecule has 5 heteroatoms. The van der Waals surface area contributed by atoms with Gasteiger partial charge in [0.15, 0.2) is 0 Å². The van der Waals surface area contributed by atoms with Crippen molar-refractivity contribution in [1.82, 2.24) is 15.1 Å². The maximum atomic E-state index is 12.3. The molecule has 1 saturated heterocycles. The normalized spacial score (nSPS) is 21.0. The van der Waals surface area contributed by atoms with Crippen molar-refractivity contribution in [3.63, 3.8) is 0 Å². The van der Waals surface area contributed by atoms with Crippen LogP contribution in [0.25, 0.3) is 0 Å². The summed E-state index contributed by atoms with van der Waals surface area (Å²) in [5.74, 6) is 0.415. The van der Waals surface area contributed by atoms with Crippen molar-refractivity contribution < 1.29 is 9.59 Å². The van der Waals surface area contributed by atoms with E-state index in [4.69, 9.17) is 0 Å². The van der Waals surface area contributed by atoms with Crippen molar-refractivity contribution in [1.29, 1.82) is 0 Å². The number of amides is 3. The third-order valence-corrected chi connectivity index (χ3v) is 5.86. The van der Waals surface area contributed by atoms with Crippen LogP contribution in [0.5, 0.6) is 0 Å². The minimum Gasteiger partial charge on any atom is -0.354 e. The summed E-state index contributed by atoms with van der Waals surface area (Å²) in [5.41, 5.74) is 2.85. The van der Waals surface area contributed by atoms with Gasteiger partial charge < -0.3 is 15.1 Å². The lowest BCUT2D eigenvalue weighted by Gasteiger charge is -2.41. The number of piperidine rings is 1. The molecule has 3 rings (SSSR count). The largest absolute Gasteiger partial charge is 0.354 e. The molecule has 1 aromatic carbocycles. The number of carbonyl (C=O) groups is 2. The summed E-state index contributed by atoms with van der Waals surface area (Å²) in [6.45, 7) is 5.57. The number of hydrogen-bond acceptors (Lipinski definition) is 2. The highest BCUT2D eigenvalue weighted by atomic mass is 16.2. The summed E-state index contributed by atoms with van der Waals surface area (Å²) in [4.78, 5) is 28.2. The summed E-state index contributed by atoms with van der Waals surface area (Å²) in [7, 11) is 3.61. The first-order chi connectivity index (χ1) is 12.3. The van der Waals surface area contributed by atoms with Crippen LogP contribution in [0.1, 0.15) is 56.6 Å². The fourth-order valence-electron chi connectivity index (χ4n) is 4.70. The number of carbonyl (C=O) groups excluding carboxylic acids is 2. The minimum atomic E-state index is 0.0963. The van der Waals surface area contributed by atoms with Crippen LogP contribution >= 0.6 is 0 Å². The molecule has 0 radical (unpaired) electrons. The molecular weight excluding hydrogens is 326 g/mol. The van der Waals surface area contributed by atoms with E-state index in [1.54, 1.807) is 19.0 Å². The molecule has 1 aliphatic carbocycles. The van der Waals surface area contributed by atoms with Crippen LogP contribution in [-0.2, 0) is 10.2 Å². The van der Waals surface area contributed by atoms with Crippen molar-refractivity contribution in [3.05, 3.63) is 35.4 Å². The van der Waals surface area contributed by atoms with E-state index in [1.165, 1.54) is 11.1 Å². The zero-order chi connectivity index (χ0) is 18.9. The molecule has 1 N–H and O–H groups in total. The summed E-state index contributed by atoms with van der Waals surface area (Å²) in [5, 5.41) is 3.03. The molecule has 1 unspecified atom stereocenters. The summed E-state index contributed by atoms with van der Waals surface area (Å²) >= 11 is 0. The Labute approximate surface area is 156 Å². The predicted molar refractivity (Wildman–Crippen MR) is 103 cm³/mol. The number of fused-ring (bicyclic) bond motifs is 2. The van der Waals surface area contributed by atoms with E-state index >= 15 is 0 Å². The number of nitrogens with zero attached hydrogens (tertiary/aromatic N) is 2. The van der Waals surface area contributed by atoms with Gasteiger partial charge >= 0.3 is 6.03 Å². The molecule has 1 heterocycles. The number of hydrogen-bond donors (Lipinski definition) is 1. The molecule has 1 aromatic rings. The number of nitrogens with one attached hydrogen (secondary N) is 1. The van der Waals surface area contributed by atoms with Gasteiger partial charge in [-0.05, 0) is 55.6 Å². The topological polar surface area (TPSA) is 52.7 Å². The number of urea groups is 1. The lowest BCUT2D eigenvalue weighted by Crippen LogP contribution is -2.47. The molecule has 0 aromatic heterocycles. The SMILES string of the molecule is CC(C)NC(=O)CC1CC2(CCN(C(=O)N(C)C)CC2)c2ccccc21. The fourth-order valence-corrected chi connectivity index (χ4v) is 4.70. The minimum absolute atomic E-state index is 0.0963. The van der Waals surface area contributed by atoms with Gasteiger partial charge in [-0.15, -0.1) is 0 Å². The average Bonchev–Trinajstić information content (AvgIpc) is 2.88. The molecule has 1 aliphatic heterocycles. The molecule has 3 amide bonds. The van der Waals surface area contributed by atoms with Gasteiger partial charge in [0.05, 0.1) is 0 Å². The zero-order valence-electron chi connectivity index (χ0n) is 16.4. The van der Waals surface area contributed by atoms with Crippen molar-refractivity contribution in [3.8, 4) is 0 Å². The van der Waals surface area contributed by atoms with Gasteiger partial charge in [0.1, 0.15) is 0 Å². The summed E-state index contributed by atoms with van der Waals surface area (Å²) in [6.07, 6.45) is 3.52. The van der Waals surface area contributed by atoms with Crippen LogP contribution < -0.4 is 5.32 Å². The molecule has 142 valence electrons. The van der Waals surface area contributed by atoms with Gasteiger partial charge in [-0.1, -0.05) is 24.3 Å². The Morgan fingerprint density at radius 3 is 2.50 bits per heavy atom. The third-order valence-electron chi connectivity index (χ3n) is 5.86. The molecule has 0 saturated carbocycles. The van der Waals surface area contributed by atoms with Crippen LogP contribution in [0.4, 0.5) is 4.79 Å². The monoisotopic (exact) mass is 357 g/mol. The van der Waals surface area contributed by atoms with E-state index in [-0.39, 0.29) is 29.3 Å². The number of likely N-dealkylation sites (tertiary alicyclic amines) is 1. The van der Waals surface area contributed by atoms with Gasteiger partial charge in [-0.3, -0.25) is 4.79 Å². The van der Waals surface area contributed by atoms with Crippen molar-refractivity contribution in [2.45, 2.75) is 56.9 Å². The molecule has 0 bridgehead atoms. The van der Waals surface area contributed by atoms with Crippen molar-refractivity contribution in [2.75, 3.05) is 27.2 Å². The highest BCUT2D eigenvalue weighted by molar-refractivity contribution is 5.77. The van der Waals surface area contributed by atoms with Gasteiger partial charge in [0, 0.05) is 39.6 Å². The van der Waals surface area contributed by atoms with Gasteiger partial charge in [-0.2, -0.15) is 0 Å². The maximum Gasteiger partial charge on any atom is 0.319 e. The molecule has 5 nitrogen and oxygen atoms in total. The lowest BCUT2D eigenvalue weighted by atomic mass is 9.73. The molecular formula is C21H31N3O2. The van der Waals surface area contributed by atoms with E-state index in [0.29, 0.717) is 6.42 Å². The van der Waals surface area contributed by atoms with E-state index in [0.717, 1.165) is 32.4 Å². The van der Waals surface area contributed by atoms with E-state index in [9.17, 15) is 9.59 Å². The Morgan fingerprint density at radius 2 is 1.88 bits per heavy atom. The molecule has 1 fully saturated rings. The molecule has 1 atom stereocenters.